The number of likely N-dealkylation sites (N-methyl/N-ethyl adjacent to an activating group) is 1. The van der Waals surface area contributed by atoms with Crippen LogP contribution in [0.5, 0.6) is 0 Å². The van der Waals surface area contributed by atoms with Gasteiger partial charge < -0.3 is 10.2 Å². The molecule has 1 heterocycles. The van der Waals surface area contributed by atoms with Crippen LogP contribution in [0, 0.1) is 5.82 Å². The van der Waals surface area contributed by atoms with Crippen LogP contribution in [-0.4, -0.2) is 31.4 Å². The third-order valence-electron chi connectivity index (χ3n) is 3.35. The van der Waals surface area contributed by atoms with Gasteiger partial charge in [0, 0.05) is 6.54 Å². The highest BCUT2D eigenvalue weighted by Gasteiger charge is 2.16. The van der Waals surface area contributed by atoms with Crippen LogP contribution < -0.4 is 5.32 Å². The first-order valence-corrected chi connectivity index (χ1v) is 7.71. The van der Waals surface area contributed by atoms with Gasteiger partial charge in [0.15, 0.2) is 0 Å². The molecule has 0 aliphatic carbocycles. The SMILES string of the molecule is CN(C)[C@H](CNC(=O)Cc1ccccc1F)c1ccsc1. The molecule has 0 bridgehead atoms. The maximum atomic E-state index is 13.5. The normalized spacial score (nSPS) is 12.4. The topological polar surface area (TPSA) is 32.3 Å². The Bertz CT molecular complexity index is 584. The standard InChI is InChI=1S/C16H19FN2OS/c1-19(2)15(13-7-8-21-11-13)10-18-16(20)9-12-5-3-4-6-14(12)17/h3-8,11,15H,9-10H2,1-2H3,(H,18,20)/t15-/m1/s1. The number of nitrogens with one attached hydrogen (secondary N) is 1. The molecule has 1 atom stereocenters. The van der Waals surface area contributed by atoms with Crippen molar-refractivity contribution in [3.63, 3.8) is 0 Å². The summed E-state index contributed by atoms with van der Waals surface area (Å²) < 4.78 is 13.5. The molecule has 0 unspecified atom stereocenters. The first-order chi connectivity index (χ1) is 10.1. The van der Waals surface area contributed by atoms with Crippen LogP contribution >= 0.6 is 11.3 Å². The molecule has 1 amide bonds. The Morgan fingerprint density at radius 3 is 2.71 bits per heavy atom. The molecule has 0 aliphatic heterocycles. The van der Waals surface area contributed by atoms with Gasteiger partial charge in [0.2, 0.25) is 5.91 Å². The van der Waals surface area contributed by atoms with Gasteiger partial charge in [0.1, 0.15) is 5.82 Å². The number of amides is 1. The lowest BCUT2D eigenvalue weighted by Gasteiger charge is -2.24. The van der Waals surface area contributed by atoms with Crippen LogP contribution in [-0.2, 0) is 11.2 Å². The molecule has 0 radical (unpaired) electrons. The molecule has 112 valence electrons. The molecular weight excluding hydrogens is 287 g/mol. The number of rotatable bonds is 6. The van der Waals surface area contributed by atoms with E-state index in [0.717, 1.165) is 0 Å². The predicted molar refractivity (Wildman–Crippen MR) is 83.9 cm³/mol. The molecule has 0 fully saturated rings. The highest BCUT2D eigenvalue weighted by atomic mass is 32.1. The van der Waals surface area contributed by atoms with Crippen molar-refractivity contribution in [1.29, 1.82) is 0 Å². The minimum atomic E-state index is -0.338. The van der Waals surface area contributed by atoms with Gasteiger partial charge in [-0.15, -0.1) is 0 Å². The zero-order valence-corrected chi connectivity index (χ0v) is 13.0. The molecule has 5 heteroatoms. The predicted octanol–water partition coefficient (Wildman–Crippen LogP) is 2.85. The number of benzene rings is 1. The summed E-state index contributed by atoms with van der Waals surface area (Å²) in [7, 11) is 3.96. The Kier molecular flexibility index (Phi) is 5.47. The first-order valence-electron chi connectivity index (χ1n) is 6.76. The van der Waals surface area contributed by atoms with E-state index >= 15 is 0 Å². The maximum absolute atomic E-state index is 13.5. The van der Waals surface area contributed by atoms with E-state index < -0.39 is 0 Å². The molecule has 21 heavy (non-hydrogen) atoms. The van der Waals surface area contributed by atoms with Gasteiger partial charge in [-0.3, -0.25) is 4.79 Å². The van der Waals surface area contributed by atoms with Crippen molar-refractivity contribution in [2.24, 2.45) is 0 Å². The van der Waals surface area contributed by atoms with Gasteiger partial charge in [0.25, 0.3) is 0 Å². The monoisotopic (exact) mass is 306 g/mol. The Balaban J connectivity index is 1.92. The van der Waals surface area contributed by atoms with Gasteiger partial charge in [0.05, 0.1) is 12.5 Å². The van der Waals surface area contributed by atoms with E-state index in [9.17, 15) is 9.18 Å². The number of hydrogen-bond acceptors (Lipinski definition) is 3. The quantitative estimate of drug-likeness (QED) is 0.890. The number of hydrogen-bond donors (Lipinski definition) is 1. The lowest BCUT2D eigenvalue weighted by molar-refractivity contribution is -0.120. The molecule has 2 aromatic rings. The fourth-order valence-corrected chi connectivity index (χ4v) is 2.86. The van der Waals surface area contributed by atoms with E-state index in [2.05, 4.69) is 21.7 Å². The molecular formula is C16H19FN2OS. The second-order valence-corrected chi connectivity index (χ2v) is 5.89. The average Bonchev–Trinajstić information content (AvgIpc) is 2.95. The Labute approximate surface area is 128 Å². The molecule has 0 saturated heterocycles. The molecule has 1 aromatic heterocycles. The molecule has 2 rings (SSSR count). The highest BCUT2D eigenvalue weighted by molar-refractivity contribution is 7.07. The van der Waals surface area contributed by atoms with Crippen molar-refractivity contribution in [2.45, 2.75) is 12.5 Å². The van der Waals surface area contributed by atoms with Gasteiger partial charge in [-0.25, -0.2) is 4.39 Å². The van der Waals surface area contributed by atoms with Crippen LogP contribution in [0.25, 0.3) is 0 Å². The number of carbonyl (C=O) groups excluding carboxylic acids is 1. The van der Waals surface area contributed by atoms with E-state index in [1.165, 1.54) is 11.6 Å². The van der Waals surface area contributed by atoms with Crippen molar-refractivity contribution >= 4 is 17.2 Å². The van der Waals surface area contributed by atoms with Crippen molar-refractivity contribution in [3.8, 4) is 0 Å². The Morgan fingerprint density at radius 1 is 1.33 bits per heavy atom. The van der Waals surface area contributed by atoms with Crippen molar-refractivity contribution in [3.05, 3.63) is 58.0 Å². The van der Waals surface area contributed by atoms with Crippen LogP contribution in [0.1, 0.15) is 17.2 Å². The van der Waals surface area contributed by atoms with E-state index in [4.69, 9.17) is 0 Å². The Hall–Kier alpha value is -1.72. The summed E-state index contributed by atoms with van der Waals surface area (Å²) in [6.45, 7) is 0.511. The molecule has 0 aliphatic rings. The van der Waals surface area contributed by atoms with E-state index in [-0.39, 0.29) is 24.2 Å². The molecule has 0 saturated carbocycles. The smallest absolute Gasteiger partial charge is 0.224 e. The third kappa shape index (κ3) is 4.37. The number of thiophene rings is 1. The van der Waals surface area contributed by atoms with Crippen LogP contribution in [0.2, 0.25) is 0 Å². The molecule has 0 spiro atoms. The summed E-state index contributed by atoms with van der Waals surface area (Å²) in [4.78, 5) is 14.0. The average molecular weight is 306 g/mol. The summed E-state index contributed by atoms with van der Waals surface area (Å²) in [5.74, 6) is -0.503. The van der Waals surface area contributed by atoms with Gasteiger partial charge in [-0.2, -0.15) is 11.3 Å². The maximum Gasteiger partial charge on any atom is 0.224 e. The molecule has 3 nitrogen and oxygen atoms in total. The largest absolute Gasteiger partial charge is 0.354 e. The zero-order valence-electron chi connectivity index (χ0n) is 12.2. The highest BCUT2D eigenvalue weighted by Crippen LogP contribution is 2.20. The van der Waals surface area contributed by atoms with E-state index in [1.807, 2.05) is 19.5 Å². The van der Waals surface area contributed by atoms with Crippen molar-refractivity contribution in [2.75, 3.05) is 20.6 Å². The summed E-state index contributed by atoms with van der Waals surface area (Å²) in [6.07, 6.45) is 0.0659. The van der Waals surface area contributed by atoms with E-state index in [0.29, 0.717) is 12.1 Å². The summed E-state index contributed by atoms with van der Waals surface area (Å²) in [5, 5.41) is 6.98. The van der Waals surface area contributed by atoms with Gasteiger partial charge >= 0.3 is 0 Å². The van der Waals surface area contributed by atoms with Gasteiger partial charge in [-0.1, -0.05) is 18.2 Å². The second-order valence-electron chi connectivity index (χ2n) is 5.11. The third-order valence-corrected chi connectivity index (χ3v) is 4.05. The number of halogens is 1. The first kappa shape index (κ1) is 15.7. The van der Waals surface area contributed by atoms with Crippen molar-refractivity contribution < 1.29 is 9.18 Å². The van der Waals surface area contributed by atoms with Crippen LogP contribution in [0.3, 0.4) is 0 Å². The van der Waals surface area contributed by atoms with Crippen LogP contribution in [0.15, 0.2) is 41.1 Å². The summed E-state index contributed by atoms with van der Waals surface area (Å²) >= 11 is 1.64. The fourth-order valence-electron chi connectivity index (χ4n) is 2.15. The lowest BCUT2D eigenvalue weighted by Crippen LogP contribution is -2.35. The number of carbonyl (C=O) groups is 1. The Morgan fingerprint density at radius 2 is 2.10 bits per heavy atom. The summed E-state index contributed by atoms with van der Waals surface area (Å²) in [5.41, 5.74) is 1.60. The summed E-state index contributed by atoms with van der Waals surface area (Å²) in [6, 6.07) is 8.54. The van der Waals surface area contributed by atoms with E-state index in [1.54, 1.807) is 29.5 Å². The fraction of sp³-hybridized carbons (Fsp3) is 0.312. The van der Waals surface area contributed by atoms with Crippen LogP contribution in [0.4, 0.5) is 4.39 Å². The molecule has 1 aromatic carbocycles. The molecule has 1 N–H and O–H groups in total. The van der Waals surface area contributed by atoms with Gasteiger partial charge in [-0.05, 0) is 48.1 Å². The lowest BCUT2D eigenvalue weighted by atomic mass is 10.1. The second kappa shape index (κ2) is 7.33. The zero-order chi connectivity index (χ0) is 15.2. The minimum absolute atomic E-state index is 0.0659. The van der Waals surface area contributed by atoms with Crippen molar-refractivity contribution in [1.82, 2.24) is 10.2 Å². The minimum Gasteiger partial charge on any atom is -0.354 e. The number of nitrogens with zero attached hydrogens (tertiary/aromatic N) is 1.